The van der Waals surface area contributed by atoms with E-state index in [1.54, 1.807) is 18.3 Å². The van der Waals surface area contributed by atoms with Crippen LogP contribution in [-0.4, -0.2) is 39.6 Å². The zero-order chi connectivity index (χ0) is 17.4. The Balaban J connectivity index is 1.59. The van der Waals surface area contributed by atoms with Crippen LogP contribution in [0.2, 0.25) is 0 Å². The standard InChI is InChI=1S/C18H16N4O2S/c1-21-16(23)15(25-18(21)24)10-14-6-8-19-17(20-14)22-9-7-12-4-2-3-5-13(12)11-22/h2-6,8,10H,7,9,11H2,1H3. The molecule has 1 saturated heterocycles. The summed E-state index contributed by atoms with van der Waals surface area (Å²) in [6, 6.07) is 10.1. The summed E-state index contributed by atoms with van der Waals surface area (Å²) in [4.78, 5) is 36.2. The smallest absolute Gasteiger partial charge is 0.293 e. The molecule has 0 atom stereocenters. The summed E-state index contributed by atoms with van der Waals surface area (Å²) >= 11 is 0.933. The molecule has 6 nitrogen and oxygen atoms in total. The number of nitrogens with zero attached hydrogens (tertiary/aromatic N) is 4. The predicted octanol–water partition coefficient (Wildman–Crippen LogP) is 2.71. The zero-order valence-corrected chi connectivity index (χ0v) is 14.5. The minimum absolute atomic E-state index is 0.266. The van der Waals surface area contributed by atoms with E-state index >= 15 is 0 Å². The molecule has 2 aliphatic heterocycles. The molecule has 2 aliphatic rings. The quantitative estimate of drug-likeness (QED) is 0.774. The van der Waals surface area contributed by atoms with E-state index < -0.39 is 0 Å². The van der Waals surface area contributed by atoms with Crippen molar-refractivity contribution in [3.05, 3.63) is 58.3 Å². The van der Waals surface area contributed by atoms with Crippen LogP contribution in [0, 0.1) is 0 Å². The van der Waals surface area contributed by atoms with E-state index in [0.717, 1.165) is 36.2 Å². The van der Waals surface area contributed by atoms with Crippen molar-refractivity contribution in [2.24, 2.45) is 0 Å². The van der Waals surface area contributed by atoms with Crippen LogP contribution in [0.1, 0.15) is 16.8 Å². The molecule has 1 fully saturated rings. The van der Waals surface area contributed by atoms with E-state index in [-0.39, 0.29) is 11.1 Å². The van der Waals surface area contributed by atoms with Gasteiger partial charge in [-0.05, 0) is 41.5 Å². The van der Waals surface area contributed by atoms with Gasteiger partial charge in [0.1, 0.15) is 0 Å². The monoisotopic (exact) mass is 352 g/mol. The Labute approximate surface area is 149 Å². The molecule has 0 N–H and O–H groups in total. The van der Waals surface area contributed by atoms with Crippen molar-refractivity contribution >= 4 is 34.9 Å². The summed E-state index contributed by atoms with van der Waals surface area (Å²) in [5, 5.41) is -0.266. The van der Waals surface area contributed by atoms with Crippen molar-refractivity contribution in [2.45, 2.75) is 13.0 Å². The molecule has 0 radical (unpaired) electrons. The average molecular weight is 352 g/mol. The lowest BCUT2D eigenvalue weighted by Gasteiger charge is -2.28. The molecule has 0 saturated carbocycles. The highest BCUT2D eigenvalue weighted by Crippen LogP contribution is 2.31. The van der Waals surface area contributed by atoms with E-state index in [1.165, 1.54) is 18.2 Å². The fraction of sp³-hybridized carbons (Fsp3) is 0.222. The summed E-state index contributed by atoms with van der Waals surface area (Å²) in [7, 11) is 1.48. The Bertz CT molecular complexity index is 896. The summed E-state index contributed by atoms with van der Waals surface area (Å²) in [6.07, 6.45) is 4.29. The lowest BCUT2D eigenvalue weighted by molar-refractivity contribution is -0.121. The third-order valence-electron chi connectivity index (χ3n) is 4.34. The Kier molecular flexibility index (Phi) is 4.01. The number of aromatic nitrogens is 2. The first-order chi connectivity index (χ1) is 12.1. The number of amides is 2. The number of thioether (sulfide) groups is 1. The first-order valence-corrected chi connectivity index (χ1v) is 8.80. The zero-order valence-electron chi connectivity index (χ0n) is 13.7. The van der Waals surface area contributed by atoms with E-state index in [1.807, 2.05) is 6.07 Å². The van der Waals surface area contributed by atoms with Crippen LogP contribution in [0.25, 0.3) is 6.08 Å². The molecule has 25 heavy (non-hydrogen) atoms. The largest absolute Gasteiger partial charge is 0.336 e. The van der Waals surface area contributed by atoms with Crippen molar-refractivity contribution < 1.29 is 9.59 Å². The molecule has 0 bridgehead atoms. The van der Waals surface area contributed by atoms with Gasteiger partial charge in [0.25, 0.3) is 11.1 Å². The number of hydrogen-bond donors (Lipinski definition) is 0. The minimum atomic E-state index is -0.290. The molecule has 0 unspecified atom stereocenters. The molecular weight excluding hydrogens is 336 g/mol. The number of rotatable bonds is 2. The van der Waals surface area contributed by atoms with Crippen LogP contribution in [0.4, 0.5) is 10.7 Å². The summed E-state index contributed by atoms with van der Waals surface area (Å²) in [6.45, 7) is 1.62. The highest BCUT2D eigenvalue weighted by atomic mass is 32.2. The average Bonchev–Trinajstić information content (AvgIpc) is 2.88. The maximum absolute atomic E-state index is 12.0. The molecule has 2 amide bonds. The molecule has 0 aliphatic carbocycles. The maximum Gasteiger partial charge on any atom is 0.293 e. The van der Waals surface area contributed by atoms with Gasteiger partial charge in [0.15, 0.2) is 0 Å². The predicted molar refractivity (Wildman–Crippen MR) is 97.0 cm³/mol. The van der Waals surface area contributed by atoms with Crippen molar-refractivity contribution in [1.29, 1.82) is 0 Å². The molecule has 1 aromatic heterocycles. The van der Waals surface area contributed by atoms with E-state index in [2.05, 4.69) is 33.1 Å². The maximum atomic E-state index is 12.0. The SMILES string of the molecule is CN1C(=O)SC(=Cc2ccnc(N3CCc4ccccc4C3)n2)C1=O. The van der Waals surface area contributed by atoms with Crippen LogP contribution >= 0.6 is 11.8 Å². The number of likely N-dealkylation sites (N-methyl/N-ethyl adjacent to an activating group) is 1. The normalized spacial score (nSPS) is 18.8. The van der Waals surface area contributed by atoms with E-state index in [9.17, 15) is 9.59 Å². The van der Waals surface area contributed by atoms with Crippen molar-refractivity contribution in [3.63, 3.8) is 0 Å². The second-order valence-electron chi connectivity index (χ2n) is 5.96. The highest BCUT2D eigenvalue weighted by Gasteiger charge is 2.32. The van der Waals surface area contributed by atoms with Crippen molar-refractivity contribution in [1.82, 2.24) is 14.9 Å². The van der Waals surface area contributed by atoms with Gasteiger partial charge >= 0.3 is 0 Å². The van der Waals surface area contributed by atoms with Crippen LogP contribution in [0.3, 0.4) is 0 Å². The van der Waals surface area contributed by atoms with Crippen LogP contribution < -0.4 is 4.90 Å². The lowest BCUT2D eigenvalue weighted by atomic mass is 10.0. The number of benzene rings is 1. The van der Waals surface area contributed by atoms with Gasteiger partial charge in [-0.1, -0.05) is 24.3 Å². The van der Waals surface area contributed by atoms with E-state index in [0.29, 0.717) is 16.5 Å². The first-order valence-electron chi connectivity index (χ1n) is 7.98. The van der Waals surface area contributed by atoms with E-state index in [4.69, 9.17) is 0 Å². The van der Waals surface area contributed by atoms with Crippen LogP contribution in [-0.2, 0) is 17.8 Å². The Morgan fingerprint density at radius 2 is 1.96 bits per heavy atom. The van der Waals surface area contributed by atoms with Gasteiger partial charge in [-0.3, -0.25) is 14.5 Å². The van der Waals surface area contributed by atoms with Gasteiger partial charge in [0.2, 0.25) is 5.95 Å². The second kappa shape index (κ2) is 6.33. The molecular formula is C18H16N4O2S. The third kappa shape index (κ3) is 3.02. The molecule has 4 rings (SSSR count). The summed E-state index contributed by atoms with van der Waals surface area (Å²) in [5.74, 6) is 0.348. The molecule has 1 aromatic carbocycles. The number of imide groups is 1. The summed E-state index contributed by atoms with van der Waals surface area (Å²) in [5.41, 5.74) is 3.28. The third-order valence-corrected chi connectivity index (χ3v) is 5.30. The number of carbonyl (C=O) groups excluding carboxylic acids is 2. The topological polar surface area (TPSA) is 66.4 Å². The van der Waals surface area contributed by atoms with Gasteiger partial charge in [-0.15, -0.1) is 0 Å². The number of anilines is 1. The molecule has 3 heterocycles. The molecule has 7 heteroatoms. The Hall–Kier alpha value is -2.67. The van der Waals surface area contributed by atoms with Gasteiger partial charge in [0, 0.05) is 26.3 Å². The number of carbonyl (C=O) groups is 2. The second-order valence-corrected chi connectivity index (χ2v) is 6.96. The molecule has 0 spiro atoms. The van der Waals surface area contributed by atoms with Gasteiger partial charge in [-0.2, -0.15) is 0 Å². The van der Waals surface area contributed by atoms with Gasteiger partial charge in [0.05, 0.1) is 10.6 Å². The molecule has 2 aromatic rings. The first kappa shape index (κ1) is 15.8. The fourth-order valence-corrected chi connectivity index (χ4v) is 3.75. The fourth-order valence-electron chi connectivity index (χ4n) is 2.94. The lowest BCUT2D eigenvalue weighted by Crippen LogP contribution is -2.31. The Morgan fingerprint density at radius 3 is 2.72 bits per heavy atom. The van der Waals surface area contributed by atoms with Gasteiger partial charge in [-0.25, -0.2) is 9.97 Å². The number of fused-ring (bicyclic) bond motifs is 1. The van der Waals surface area contributed by atoms with Gasteiger partial charge < -0.3 is 4.90 Å². The van der Waals surface area contributed by atoms with Crippen molar-refractivity contribution in [3.8, 4) is 0 Å². The van der Waals surface area contributed by atoms with Crippen LogP contribution in [0.15, 0.2) is 41.4 Å². The minimum Gasteiger partial charge on any atom is -0.336 e. The highest BCUT2D eigenvalue weighted by molar-refractivity contribution is 8.18. The summed E-state index contributed by atoms with van der Waals surface area (Å²) < 4.78 is 0. The number of hydrogen-bond acceptors (Lipinski definition) is 6. The Morgan fingerprint density at radius 1 is 1.16 bits per heavy atom. The molecule has 126 valence electrons. The van der Waals surface area contributed by atoms with Crippen molar-refractivity contribution in [2.75, 3.05) is 18.5 Å². The van der Waals surface area contributed by atoms with Crippen LogP contribution in [0.5, 0.6) is 0 Å².